The van der Waals surface area contributed by atoms with E-state index in [4.69, 9.17) is 0 Å². The zero-order valence-corrected chi connectivity index (χ0v) is 16.0. The van der Waals surface area contributed by atoms with Crippen LogP contribution in [0.1, 0.15) is 55.9 Å². The summed E-state index contributed by atoms with van der Waals surface area (Å²) in [5.74, 6) is 1.07. The minimum Gasteiger partial charge on any atom is -0.307 e. The van der Waals surface area contributed by atoms with Gasteiger partial charge in [-0.25, -0.2) is 9.97 Å². The van der Waals surface area contributed by atoms with Gasteiger partial charge in [0.25, 0.3) is 0 Å². The first-order chi connectivity index (χ1) is 11.7. The molecule has 0 radical (unpaired) electrons. The van der Waals surface area contributed by atoms with Crippen LogP contribution in [-0.4, -0.2) is 15.9 Å². The number of carbonyl (C=O) groups excluding carboxylic acids is 1. The van der Waals surface area contributed by atoms with Gasteiger partial charge >= 0.3 is 0 Å². The third-order valence-corrected chi connectivity index (χ3v) is 4.12. The molecule has 4 heteroatoms. The number of hydrogen-bond acceptors (Lipinski definition) is 3. The molecule has 132 valence electrons. The lowest BCUT2D eigenvalue weighted by Crippen LogP contribution is -2.13. The summed E-state index contributed by atoms with van der Waals surface area (Å²) in [6.45, 7) is 12.3. The number of rotatable bonds is 4. The van der Waals surface area contributed by atoms with Crippen molar-refractivity contribution in [1.82, 2.24) is 9.97 Å². The van der Waals surface area contributed by atoms with Gasteiger partial charge in [0.15, 0.2) is 0 Å². The number of anilines is 1. The molecule has 2 rings (SSSR count). The summed E-state index contributed by atoms with van der Waals surface area (Å²) in [5.41, 5.74) is 4.27. The molecule has 0 saturated heterocycles. The predicted octanol–water partition coefficient (Wildman–Crippen LogP) is 4.61. The molecule has 2 aromatic rings. The highest BCUT2D eigenvalue weighted by molar-refractivity contribution is 6.01. The van der Waals surface area contributed by atoms with Gasteiger partial charge in [-0.15, -0.1) is 0 Å². The van der Waals surface area contributed by atoms with Gasteiger partial charge in [-0.05, 0) is 42.9 Å². The number of nitrogens with one attached hydrogen (secondary N) is 1. The van der Waals surface area contributed by atoms with Crippen molar-refractivity contribution >= 4 is 17.8 Å². The van der Waals surface area contributed by atoms with E-state index in [1.54, 1.807) is 0 Å². The molecule has 0 fully saturated rings. The van der Waals surface area contributed by atoms with Crippen molar-refractivity contribution in [2.75, 3.05) is 5.32 Å². The summed E-state index contributed by atoms with van der Waals surface area (Å²) in [6.07, 6.45) is 4.13. The van der Waals surface area contributed by atoms with E-state index in [9.17, 15) is 4.79 Å². The molecule has 0 unspecified atom stereocenters. The Bertz CT molecular complexity index is 784. The van der Waals surface area contributed by atoms with Gasteiger partial charge in [-0.3, -0.25) is 4.79 Å². The van der Waals surface area contributed by atoms with E-state index < -0.39 is 0 Å². The summed E-state index contributed by atoms with van der Waals surface area (Å²) in [4.78, 5) is 21.0. The van der Waals surface area contributed by atoms with Gasteiger partial charge in [0.05, 0.1) is 0 Å². The zero-order valence-electron chi connectivity index (χ0n) is 16.0. The van der Waals surface area contributed by atoms with Crippen molar-refractivity contribution in [3.8, 4) is 0 Å². The molecule has 0 atom stereocenters. The third kappa shape index (κ3) is 4.99. The van der Waals surface area contributed by atoms with E-state index in [2.05, 4.69) is 48.2 Å². The van der Waals surface area contributed by atoms with Crippen molar-refractivity contribution in [2.24, 2.45) is 0 Å². The van der Waals surface area contributed by atoms with Gasteiger partial charge < -0.3 is 5.32 Å². The maximum atomic E-state index is 12.2. The monoisotopic (exact) mass is 337 g/mol. The van der Waals surface area contributed by atoms with E-state index in [1.807, 2.05) is 39.0 Å². The summed E-state index contributed by atoms with van der Waals surface area (Å²) in [6, 6.07) is 8.26. The number of aromatic nitrogens is 2. The molecule has 1 amide bonds. The molecule has 1 aromatic carbocycles. The van der Waals surface area contributed by atoms with E-state index >= 15 is 0 Å². The molecule has 0 aliphatic heterocycles. The molecule has 0 saturated carbocycles. The molecule has 4 nitrogen and oxygen atoms in total. The van der Waals surface area contributed by atoms with Crippen LogP contribution in [0.2, 0.25) is 0 Å². The highest BCUT2D eigenvalue weighted by atomic mass is 16.1. The Morgan fingerprint density at radius 3 is 2.32 bits per heavy atom. The van der Waals surface area contributed by atoms with Gasteiger partial charge in [-0.1, -0.05) is 52.0 Å². The molecule has 25 heavy (non-hydrogen) atoms. The Kier molecular flexibility index (Phi) is 5.73. The fourth-order valence-electron chi connectivity index (χ4n) is 2.69. The number of carbonyl (C=O) groups is 1. The van der Waals surface area contributed by atoms with Crippen molar-refractivity contribution in [3.63, 3.8) is 0 Å². The van der Waals surface area contributed by atoms with Crippen LogP contribution >= 0.6 is 0 Å². The van der Waals surface area contributed by atoms with Crippen molar-refractivity contribution < 1.29 is 4.79 Å². The molecular weight excluding hydrogens is 310 g/mol. The molecule has 0 bridgehead atoms. The Labute approximate surface area is 150 Å². The molecule has 0 aliphatic carbocycles. The molecule has 0 aliphatic rings. The maximum absolute atomic E-state index is 12.2. The van der Waals surface area contributed by atoms with Crippen molar-refractivity contribution in [1.29, 1.82) is 0 Å². The second-order valence-electron chi connectivity index (χ2n) is 7.23. The van der Waals surface area contributed by atoms with Gasteiger partial charge in [-0.2, -0.15) is 0 Å². The minimum absolute atomic E-state index is 0.124. The maximum Gasteiger partial charge on any atom is 0.249 e. The molecule has 1 N–H and O–H groups in total. The average Bonchev–Trinajstić information content (AvgIpc) is 2.52. The fraction of sp³-hybridized carbons (Fsp3) is 0.381. The fourth-order valence-corrected chi connectivity index (χ4v) is 2.69. The first kappa shape index (κ1) is 18.8. The average molecular weight is 337 g/mol. The zero-order chi connectivity index (χ0) is 18.6. The first-order valence-corrected chi connectivity index (χ1v) is 8.64. The Balaban J connectivity index is 2.11. The van der Waals surface area contributed by atoms with Crippen LogP contribution in [0.25, 0.3) is 6.08 Å². The van der Waals surface area contributed by atoms with E-state index in [0.29, 0.717) is 11.6 Å². The van der Waals surface area contributed by atoms with Crippen LogP contribution in [0.5, 0.6) is 0 Å². The van der Waals surface area contributed by atoms with Gasteiger partial charge in [0.2, 0.25) is 5.91 Å². The van der Waals surface area contributed by atoms with Gasteiger partial charge in [0.1, 0.15) is 11.6 Å². The number of benzene rings is 1. The lowest BCUT2D eigenvalue weighted by Gasteiger charge is -2.18. The van der Waals surface area contributed by atoms with Crippen molar-refractivity contribution in [3.05, 3.63) is 58.6 Å². The highest BCUT2D eigenvalue weighted by Gasteiger charge is 2.13. The van der Waals surface area contributed by atoms with Crippen LogP contribution in [0.3, 0.4) is 0 Å². The number of nitrogens with zero attached hydrogens (tertiary/aromatic N) is 2. The Morgan fingerprint density at radius 2 is 1.76 bits per heavy atom. The minimum atomic E-state index is -0.188. The Morgan fingerprint density at radius 1 is 1.12 bits per heavy atom. The first-order valence-electron chi connectivity index (χ1n) is 8.64. The molecule has 1 aromatic heterocycles. The van der Waals surface area contributed by atoms with Crippen LogP contribution in [0.15, 0.2) is 30.3 Å². The normalized spacial score (nSPS) is 11.8. The largest absolute Gasteiger partial charge is 0.307 e. The van der Waals surface area contributed by atoms with Crippen LogP contribution in [0.4, 0.5) is 5.82 Å². The van der Waals surface area contributed by atoms with Crippen LogP contribution in [-0.2, 0) is 16.6 Å². The lowest BCUT2D eigenvalue weighted by atomic mass is 9.87. The quantitative estimate of drug-likeness (QED) is 0.829. The smallest absolute Gasteiger partial charge is 0.249 e. The Hall–Kier alpha value is -2.49. The van der Waals surface area contributed by atoms with Crippen LogP contribution < -0.4 is 5.32 Å². The standard InChI is InChI=1S/C21H27N3O/c1-7-18-14(2)22-15(3)23-20(18)24-19(25)13-10-16-8-11-17(12-9-16)21(4,5)6/h8-13H,7H2,1-6H3,(H,22,23,24,25)/b13-10+. The SMILES string of the molecule is CCc1c(C)nc(C)nc1NC(=O)/C=C/c1ccc(C(C)(C)C)cc1. The highest BCUT2D eigenvalue weighted by Crippen LogP contribution is 2.22. The second-order valence-corrected chi connectivity index (χ2v) is 7.23. The van der Waals surface area contributed by atoms with Gasteiger partial charge in [0, 0.05) is 17.3 Å². The number of aryl methyl sites for hydroxylation is 2. The van der Waals surface area contributed by atoms with E-state index in [-0.39, 0.29) is 11.3 Å². The topological polar surface area (TPSA) is 54.9 Å². The lowest BCUT2D eigenvalue weighted by molar-refractivity contribution is -0.111. The summed E-state index contributed by atoms with van der Waals surface area (Å²) < 4.78 is 0. The molecular formula is C21H27N3O. The summed E-state index contributed by atoms with van der Waals surface area (Å²) in [7, 11) is 0. The molecule has 0 spiro atoms. The third-order valence-electron chi connectivity index (χ3n) is 4.12. The summed E-state index contributed by atoms with van der Waals surface area (Å²) in [5, 5.41) is 2.87. The van der Waals surface area contributed by atoms with Crippen molar-refractivity contribution in [2.45, 2.75) is 53.4 Å². The molecule has 1 heterocycles. The number of amides is 1. The van der Waals surface area contributed by atoms with E-state index in [0.717, 1.165) is 23.2 Å². The second kappa shape index (κ2) is 7.60. The van der Waals surface area contributed by atoms with E-state index in [1.165, 1.54) is 11.6 Å². The predicted molar refractivity (Wildman–Crippen MR) is 104 cm³/mol. The number of hydrogen-bond donors (Lipinski definition) is 1. The summed E-state index contributed by atoms with van der Waals surface area (Å²) >= 11 is 0. The van der Waals surface area contributed by atoms with Crippen LogP contribution in [0, 0.1) is 13.8 Å².